The Morgan fingerprint density at radius 2 is 2.29 bits per heavy atom. The predicted molar refractivity (Wildman–Crippen MR) is 64.4 cm³/mol. The monoisotopic (exact) mass is 232 g/mol. The molecule has 1 atom stereocenters. The highest BCUT2D eigenvalue weighted by atomic mass is 16.5. The molecule has 5 heteroatoms. The first-order valence-corrected chi connectivity index (χ1v) is 5.74. The molecule has 0 aliphatic heterocycles. The van der Waals surface area contributed by atoms with E-state index in [1.165, 1.54) is 0 Å². The Morgan fingerprint density at radius 1 is 1.41 bits per heavy atom. The fourth-order valence-electron chi connectivity index (χ4n) is 1.60. The Hall–Kier alpha value is -1.75. The van der Waals surface area contributed by atoms with E-state index in [0.717, 1.165) is 18.5 Å². The zero-order chi connectivity index (χ0) is 12.1. The Balaban J connectivity index is 2.11. The summed E-state index contributed by atoms with van der Waals surface area (Å²) in [6, 6.07) is 6.00. The van der Waals surface area contributed by atoms with Crippen molar-refractivity contribution in [2.24, 2.45) is 0 Å². The van der Waals surface area contributed by atoms with Crippen molar-refractivity contribution in [1.29, 1.82) is 0 Å². The number of pyridine rings is 1. The second kappa shape index (κ2) is 5.54. The molecule has 2 heterocycles. The first-order chi connectivity index (χ1) is 8.33. The van der Waals surface area contributed by atoms with Crippen LogP contribution in [-0.2, 0) is 6.42 Å². The van der Waals surface area contributed by atoms with Crippen molar-refractivity contribution in [2.45, 2.75) is 25.8 Å². The van der Waals surface area contributed by atoms with Gasteiger partial charge in [0, 0.05) is 18.7 Å². The van der Waals surface area contributed by atoms with Crippen LogP contribution < -0.4 is 5.32 Å². The van der Waals surface area contributed by atoms with Crippen LogP contribution >= 0.6 is 0 Å². The standard InChI is InChI=1S/C12H16N4O/c1-3-9(13-2)8-11-15-12(16-17-11)10-6-4-5-7-14-10/h4-7,9,13H,3,8H2,1-2H3. The maximum absolute atomic E-state index is 5.21. The summed E-state index contributed by atoms with van der Waals surface area (Å²) >= 11 is 0. The molecule has 0 fully saturated rings. The summed E-state index contributed by atoms with van der Waals surface area (Å²) in [6.45, 7) is 2.12. The summed E-state index contributed by atoms with van der Waals surface area (Å²) in [4.78, 5) is 8.52. The summed E-state index contributed by atoms with van der Waals surface area (Å²) < 4.78 is 5.21. The lowest BCUT2D eigenvalue weighted by Crippen LogP contribution is -2.26. The van der Waals surface area contributed by atoms with Crippen LogP contribution in [0, 0.1) is 0 Å². The average Bonchev–Trinajstić information content (AvgIpc) is 2.85. The molecular weight excluding hydrogens is 216 g/mol. The number of hydrogen-bond donors (Lipinski definition) is 1. The van der Waals surface area contributed by atoms with Crippen molar-refractivity contribution in [3.8, 4) is 11.5 Å². The van der Waals surface area contributed by atoms with E-state index in [4.69, 9.17) is 4.52 Å². The quantitative estimate of drug-likeness (QED) is 0.849. The predicted octanol–water partition coefficient (Wildman–Crippen LogP) is 1.67. The lowest BCUT2D eigenvalue weighted by Gasteiger charge is -2.09. The molecule has 5 nitrogen and oxygen atoms in total. The van der Waals surface area contributed by atoms with Crippen LogP contribution in [0.2, 0.25) is 0 Å². The minimum atomic E-state index is 0.368. The van der Waals surface area contributed by atoms with Gasteiger partial charge in [-0.05, 0) is 25.6 Å². The van der Waals surface area contributed by atoms with E-state index < -0.39 is 0 Å². The first-order valence-electron chi connectivity index (χ1n) is 5.74. The van der Waals surface area contributed by atoms with Crippen molar-refractivity contribution in [2.75, 3.05) is 7.05 Å². The van der Waals surface area contributed by atoms with Crippen LogP contribution in [0.3, 0.4) is 0 Å². The molecule has 90 valence electrons. The molecule has 0 spiro atoms. The molecule has 0 amide bonds. The zero-order valence-electron chi connectivity index (χ0n) is 10.1. The molecule has 0 radical (unpaired) electrons. The summed E-state index contributed by atoms with van der Waals surface area (Å²) in [6.07, 6.45) is 3.48. The highest BCUT2D eigenvalue weighted by Crippen LogP contribution is 2.13. The SMILES string of the molecule is CCC(Cc1nc(-c2ccccn2)no1)NC. The maximum Gasteiger partial charge on any atom is 0.228 e. The summed E-state index contributed by atoms with van der Waals surface area (Å²) in [5.74, 6) is 1.19. The minimum absolute atomic E-state index is 0.368. The Morgan fingerprint density at radius 3 is 2.94 bits per heavy atom. The third-order valence-electron chi connectivity index (χ3n) is 2.68. The van der Waals surface area contributed by atoms with Gasteiger partial charge in [0.2, 0.25) is 11.7 Å². The van der Waals surface area contributed by atoms with Crippen molar-refractivity contribution < 1.29 is 4.52 Å². The minimum Gasteiger partial charge on any atom is -0.339 e. The van der Waals surface area contributed by atoms with Crippen LogP contribution in [0.1, 0.15) is 19.2 Å². The molecule has 0 aliphatic rings. The lowest BCUT2D eigenvalue weighted by molar-refractivity contribution is 0.359. The highest BCUT2D eigenvalue weighted by Gasteiger charge is 2.12. The second-order valence-corrected chi connectivity index (χ2v) is 3.82. The van der Waals surface area contributed by atoms with Crippen molar-refractivity contribution in [3.63, 3.8) is 0 Å². The normalized spacial score (nSPS) is 12.6. The van der Waals surface area contributed by atoms with Gasteiger partial charge < -0.3 is 9.84 Å². The number of likely N-dealkylation sites (N-methyl/N-ethyl adjacent to an activating group) is 1. The molecule has 17 heavy (non-hydrogen) atoms. The maximum atomic E-state index is 5.21. The van der Waals surface area contributed by atoms with Gasteiger partial charge in [0.25, 0.3) is 0 Å². The third kappa shape index (κ3) is 2.88. The van der Waals surface area contributed by atoms with Crippen LogP contribution in [-0.4, -0.2) is 28.2 Å². The van der Waals surface area contributed by atoms with E-state index in [0.29, 0.717) is 17.8 Å². The van der Waals surface area contributed by atoms with Crippen LogP contribution in [0.15, 0.2) is 28.9 Å². The van der Waals surface area contributed by atoms with Gasteiger partial charge in [-0.3, -0.25) is 4.98 Å². The van der Waals surface area contributed by atoms with Gasteiger partial charge in [0.15, 0.2) is 0 Å². The van der Waals surface area contributed by atoms with Gasteiger partial charge >= 0.3 is 0 Å². The number of nitrogens with one attached hydrogen (secondary N) is 1. The Labute approximate surface area is 100 Å². The van der Waals surface area contributed by atoms with Gasteiger partial charge in [-0.1, -0.05) is 18.1 Å². The largest absolute Gasteiger partial charge is 0.339 e. The number of rotatable bonds is 5. The molecule has 1 N–H and O–H groups in total. The molecule has 2 rings (SSSR count). The number of hydrogen-bond acceptors (Lipinski definition) is 5. The van der Waals surface area contributed by atoms with Gasteiger partial charge in [0.05, 0.1) is 0 Å². The molecule has 0 aromatic carbocycles. The van der Waals surface area contributed by atoms with Crippen LogP contribution in [0.4, 0.5) is 0 Å². The molecule has 2 aromatic rings. The number of nitrogens with zero attached hydrogens (tertiary/aromatic N) is 3. The van der Waals surface area contributed by atoms with Crippen LogP contribution in [0.5, 0.6) is 0 Å². The fourth-order valence-corrected chi connectivity index (χ4v) is 1.60. The smallest absolute Gasteiger partial charge is 0.228 e. The van der Waals surface area contributed by atoms with Crippen molar-refractivity contribution in [3.05, 3.63) is 30.3 Å². The van der Waals surface area contributed by atoms with Gasteiger partial charge in [0.1, 0.15) is 5.69 Å². The fraction of sp³-hybridized carbons (Fsp3) is 0.417. The van der Waals surface area contributed by atoms with Crippen LogP contribution in [0.25, 0.3) is 11.5 Å². The van der Waals surface area contributed by atoms with E-state index in [-0.39, 0.29) is 0 Å². The average molecular weight is 232 g/mol. The third-order valence-corrected chi connectivity index (χ3v) is 2.68. The molecule has 0 bridgehead atoms. The summed E-state index contributed by atoms with van der Waals surface area (Å²) in [5, 5.41) is 7.14. The summed E-state index contributed by atoms with van der Waals surface area (Å²) in [5.41, 5.74) is 0.736. The van der Waals surface area contributed by atoms with Gasteiger partial charge in [-0.2, -0.15) is 4.98 Å². The van der Waals surface area contributed by atoms with E-state index in [2.05, 4.69) is 27.4 Å². The molecule has 0 aliphatic carbocycles. The van der Waals surface area contributed by atoms with Crippen molar-refractivity contribution in [1.82, 2.24) is 20.4 Å². The lowest BCUT2D eigenvalue weighted by atomic mass is 10.1. The van der Waals surface area contributed by atoms with E-state index in [1.807, 2.05) is 25.2 Å². The Bertz CT molecular complexity index is 451. The van der Waals surface area contributed by atoms with E-state index in [1.54, 1.807) is 6.20 Å². The molecular formula is C12H16N4O. The molecule has 2 aromatic heterocycles. The van der Waals surface area contributed by atoms with E-state index in [9.17, 15) is 0 Å². The van der Waals surface area contributed by atoms with E-state index >= 15 is 0 Å². The zero-order valence-corrected chi connectivity index (χ0v) is 10.1. The van der Waals surface area contributed by atoms with Crippen molar-refractivity contribution >= 4 is 0 Å². The molecule has 1 unspecified atom stereocenters. The van der Waals surface area contributed by atoms with Gasteiger partial charge in [-0.15, -0.1) is 0 Å². The molecule has 0 saturated heterocycles. The topological polar surface area (TPSA) is 63.8 Å². The first kappa shape index (κ1) is 11.7. The highest BCUT2D eigenvalue weighted by molar-refractivity contribution is 5.46. The number of aromatic nitrogens is 3. The second-order valence-electron chi connectivity index (χ2n) is 3.82. The Kier molecular flexibility index (Phi) is 3.82. The van der Waals surface area contributed by atoms with Gasteiger partial charge in [-0.25, -0.2) is 0 Å². The summed E-state index contributed by atoms with van der Waals surface area (Å²) in [7, 11) is 1.93. The molecule has 0 saturated carbocycles.